The van der Waals surface area contributed by atoms with Crippen LogP contribution in [0, 0.1) is 6.92 Å². The first-order chi connectivity index (χ1) is 18.2. The number of methoxy groups -OCH3 is 1. The van der Waals surface area contributed by atoms with E-state index in [0.29, 0.717) is 17.0 Å². The van der Waals surface area contributed by atoms with Crippen molar-refractivity contribution in [3.8, 4) is 5.75 Å². The quantitative estimate of drug-likeness (QED) is 0.209. The number of amides is 1. The fourth-order valence-electron chi connectivity index (χ4n) is 5.19. The van der Waals surface area contributed by atoms with E-state index in [1.807, 2.05) is 75.4 Å². The van der Waals surface area contributed by atoms with E-state index in [9.17, 15) is 14.7 Å². The molecule has 1 amide bonds. The van der Waals surface area contributed by atoms with Crippen LogP contribution in [0.15, 0.2) is 72.3 Å². The van der Waals surface area contributed by atoms with Crippen LogP contribution in [0.2, 0.25) is 0 Å². The molecule has 1 saturated heterocycles. The zero-order chi connectivity index (χ0) is 27.6. The highest BCUT2D eigenvalue weighted by Crippen LogP contribution is 2.44. The third-order valence-electron chi connectivity index (χ3n) is 7.31. The molecule has 4 rings (SSSR count). The van der Waals surface area contributed by atoms with Gasteiger partial charge in [0.2, 0.25) is 0 Å². The summed E-state index contributed by atoms with van der Waals surface area (Å²) in [5, 5.41) is 11.6. The van der Waals surface area contributed by atoms with Crippen LogP contribution in [0.4, 0.5) is 11.4 Å². The molecule has 0 aromatic heterocycles. The second-order valence-electron chi connectivity index (χ2n) is 9.83. The van der Waals surface area contributed by atoms with Crippen LogP contribution >= 0.6 is 0 Å². The van der Waals surface area contributed by atoms with Gasteiger partial charge < -0.3 is 14.7 Å². The Labute approximate surface area is 225 Å². The Kier molecular flexibility index (Phi) is 7.91. The van der Waals surface area contributed by atoms with Crippen molar-refractivity contribution in [3.63, 3.8) is 0 Å². The van der Waals surface area contributed by atoms with Crippen LogP contribution in [0.25, 0.3) is 5.76 Å². The first-order valence-corrected chi connectivity index (χ1v) is 13.1. The predicted molar refractivity (Wildman–Crippen MR) is 153 cm³/mol. The van der Waals surface area contributed by atoms with Gasteiger partial charge in [0.05, 0.1) is 18.7 Å². The highest BCUT2D eigenvalue weighted by Gasteiger charge is 2.47. The molecule has 1 unspecified atom stereocenters. The van der Waals surface area contributed by atoms with E-state index in [0.717, 1.165) is 35.5 Å². The minimum atomic E-state index is -0.764. The maximum atomic E-state index is 13.6. The zero-order valence-electron chi connectivity index (χ0n) is 23.0. The maximum absolute atomic E-state index is 13.6. The number of aryl methyl sites for hydroxylation is 1. The monoisotopic (exact) mass is 512 g/mol. The third kappa shape index (κ3) is 4.78. The lowest BCUT2D eigenvalue weighted by atomic mass is 9.91. The molecule has 38 heavy (non-hydrogen) atoms. The summed E-state index contributed by atoms with van der Waals surface area (Å²) in [6, 6.07) is 19.9. The van der Waals surface area contributed by atoms with Crippen molar-refractivity contribution in [1.29, 1.82) is 0 Å². The van der Waals surface area contributed by atoms with Crippen molar-refractivity contribution >= 4 is 28.8 Å². The van der Waals surface area contributed by atoms with E-state index in [1.54, 1.807) is 19.2 Å². The van der Waals surface area contributed by atoms with Gasteiger partial charge in [-0.25, -0.2) is 0 Å². The van der Waals surface area contributed by atoms with E-state index in [4.69, 9.17) is 4.74 Å². The number of aliphatic hydroxyl groups is 1. The van der Waals surface area contributed by atoms with Crippen molar-refractivity contribution in [2.24, 2.45) is 0 Å². The lowest BCUT2D eigenvalue weighted by Gasteiger charge is -2.28. The van der Waals surface area contributed by atoms with Crippen molar-refractivity contribution in [3.05, 3.63) is 94.6 Å². The molecule has 1 N–H and O–H groups in total. The van der Waals surface area contributed by atoms with Crippen LogP contribution in [0.1, 0.15) is 61.9 Å². The van der Waals surface area contributed by atoms with Gasteiger partial charge in [-0.1, -0.05) is 38.1 Å². The molecule has 3 aromatic rings. The molecule has 0 radical (unpaired) electrons. The van der Waals surface area contributed by atoms with Gasteiger partial charge in [-0.3, -0.25) is 14.5 Å². The number of nitrogens with zero attached hydrogens (tertiary/aromatic N) is 2. The standard InChI is InChI=1S/C32H36N2O4/c1-7-33(8-2)23-14-16-24(17-15-23)34-29(25-12-10-9-11-21(25)5)28(31(36)32(34)37)30(35)22-13-18-27(38-6)26(19-22)20(3)4/h9-20,29,35H,7-8H2,1-6H3/b30-28+. The van der Waals surface area contributed by atoms with Crippen LogP contribution in [0.5, 0.6) is 5.75 Å². The summed E-state index contributed by atoms with van der Waals surface area (Å²) in [7, 11) is 1.61. The second-order valence-corrected chi connectivity index (χ2v) is 9.83. The van der Waals surface area contributed by atoms with Crippen LogP contribution in [-0.2, 0) is 9.59 Å². The molecule has 0 spiro atoms. The normalized spacial score (nSPS) is 16.8. The van der Waals surface area contributed by atoms with Gasteiger partial charge in [0.25, 0.3) is 11.7 Å². The summed E-state index contributed by atoms with van der Waals surface area (Å²) in [5.41, 5.74) is 4.83. The van der Waals surface area contributed by atoms with E-state index >= 15 is 0 Å². The number of ketones is 1. The number of hydrogen-bond donors (Lipinski definition) is 1. The van der Waals surface area contributed by atoms with Gasteiger partial charge >= 0.3 is 0 Å². The second kappa shape index (κ2) is 11.1. The molecule has 1 atom stereocenters. The van der Waals surface area contributed by atoms with E-state index in [2.05, 4.69) is 18.7 Å². The topological polar surface area (TPSA) is 70.1 Å². The van der Waals surface area contributed by atoms with Gasteiger partial charge in [-0.05, 0) is 85.8 Å². The fraction of sp³-hybridized carbons (Fsp3) is 0.312. The van der Waals surface area contributed by atoms with Crippen LogP contribution < -0.4 is 14.5 Å². The summed E-state index contributed by atoms with van der Waals surface area (Å²) < 4.78 is 5.50. The van der Waals surface area contributed by atoms with Crippen LogP contribution in [-0.4, -0.2) is 37.0 Å². The number of Topliss-reactive ketones (excluding diaryl/α,β-unsaturated/α-hetero) is 1. The summed E-state index contributed by atoms with van der Waals surface area (Å²) in [6.45, 7) is 11.9. The van der Waals surface area contributed by atoms with Gasteiger partial charge in [0.1, 0.15) is 11.5 Å². The molecule has 3 aromatic carbocycles. The number of carbonyl (C=O) groups excluding carboxylic acids is 2. The number of hydrogen-bond acceptors (Lipinski definition) is 5. The Balaban J connectivity index is 1.91. The third-order valence-corrected chi connectivity index (χ3v) is 7.31. The lowest BCUT2D eigenvalue weighted by Crippen LogP contribution is -2.30. The molecule has 1 aliphatic rings. The molecule has 1 fully saturated rings. The Morgan fingerprint density at radius 3 is 2.24 bits per heavy atom. The molecule has 198 valence electrons. The molecule has 6 heteroatoms. The number of rotatable bonds is 8. The van der Waals surface area contributed by atoms with Gasteiger partial charge in [-0.15, -0.1) is 0 Å². The summed E-state index contributed by atoms with van der Waals surface area (Å²) in [5.74, 6) is -0.709. The summed E-state index contributed by atoms with van der Waals surface area (Å²) >= 11 is 0. The lowest BCUT2D eigenvalue weighted by molar-refractivity contribution is -0.132. The minimum Gasteiger partial charge on any atom is -0.507 e. The van der Waals surface area contributed by atoms with Gasteiger partial charge in [0, 0.05) is 30.0 Å². The maximum Gasteiger partial charge on any atom is 0.300 e. The zero-order valence-corrected chi connectivity index (χ0v) is 23.0. The van der Waals surface area contributed by atoms with E-state index < -0.39 is 17.7 Å². The molecule has 0 aliphatic carbocycles. The summed E-state index contributed by atoms with van der Waals surface area (Å²) in [6.07, 6.45) is 0. The van der Waals surface area contributed by atoms with Crippen molar-refractivity contribution in [1.82, 2.24) is 0 Å². The van der Waals surface area contributed by atoms with Crippen LogP contribution in [0.3, 0.4) is 0 Å². The van der Waals surface area contributed by atoms with Crippen molar-refractivity contribution in [2.45, 2.75) is 46.6 Å². The molecule has 6 nitrogen and oxygen atoms in total. The molecular weight excluding hydrogens is 476 g/mol. The molecule has 0 bridgehead atoms. The highest BCUT2D eigenvalue weighted by molar-refractivity contribution is 6.51. The van der Waals surface area contributed by atoms with E-state index in [-0.39, 0.29) is 17.3 Å². The number of benzene rings is 3. The van der Waals surface area contributed by atoms with Gasteiger partial charge in [0.15, 0.2) is 0 Å². The Bertz CT molecular complexity index is 1370. The van der Waals surface area contributed by atoms with Crippen molar-refractivity contribution in [2.75, 3.05) is 30.0 Å². The number of carbonyl (C=O) groups is 2. The SMILES string of the molecule is CCN(CC)c1ccc(N2C(=O)C(=O)/C(=C(/O)c3ccc(OC)c(C(C)C)c3)C2c2ccccc2C)cc1. The highest BCUT2D eigenvalue weighted by atomic mass is 16.5. The molecule has 1 aliphatic heterocycles. The number of aliphatic hydroxyl groups excluding tert-OH is 1. The van der Waals surface area contributed by atoms with Gasteiger partial charge in [-0.2, -0.15) is 0 Å². The molecular formula is C32H36N2O4. The average molecular weight is 513 g/mol. The minimum absolute atomic E-state index is 0.0805. The first-order valence-electron chi connectivity index (χ1n) is 13.1. The predicted octanol–water partition coefficient (Wildman–Crippen LogP) is 6.60. The first kappa shape index (κ1) is 27.0. The Morgan fingerprint density at radius 2 is 1.66 bits per heavy atom. The largest absolute Gasteiger partial charge is 0.507 e. The average Bonchev–Trinajstić information content (AvgIpc) is 3.19. The number of ether oxygens (including phenoxy) is 1. The molecule has 0 saturated carbocycles. The Morgan fingerprint density at radius 1 is 1.00 bits per heavy atom. The summed E-state index contributed by atoms with van der Waals surface area (Å²) in [4.78, 5) is 30.8. The van der Waals surface area contributed by atoms with E-state index in [1.165, 1.54) is 4.90 Å². The van der Waals surface area contributed by atoms with Crippen molar-refractivity contribution < 1.29 is 19.4 Å². The fourth-order valence-corrected chi connectivity index (χ4v) is 5.19. The smallest absolute Gasteiger partial charge is 0.300 e. The number of anilines is 2. The molecule has 1 heterocycles. The Hall–Kier alpha value is -4.06.